The molecule has 1 atom stereocenters. The number of hydrogen-bond donors (Lipinski definition) is 1. The van der Waals surface area contributed by atoms with Crippen LogP contribution < -0.4 is 10.9 Å². The van der Waals surface area contributed by atoms with Crippen molar-refractivity contribution in [2.24, 2.45) is 5.92 Å². The summed E-state index contributed by atoms with van der Waals surface area (Å²) < 4.78 is 3.28. The van der Waals surface area contributed by atoms with Gasteiger partial charge in [-0.25, -0.2) is 9.67 Å². The van der Waals surface area contributed by atoms with Crippen molar-refractivity contribution in [1.82, 2.24) is 24.6 Å². The molecule has 0 saturated carbocycles. The van der Waals surface area contributed by atoms with Gasteiger partial charge in [0.25, 0.3) is 5.56 Å². The van der Waals surface area contributed by atoms with Crippen LogP contribution in [0.5, 0.6) is 0 Å². The molecule has 1 N–H and O–H groups in total. The summed E-state index contributed by atoms with van der Waals surface area (Å²) in [5.74, 6) is 1.16. The van der Waals surface area contributed by atoms with Gasteiger partial charge >= 0.3 is 0 Å². The molecule has 0 fully saturated rings. The molecule has 29 heavy (non-hydrogen) atoms. The van der Waals surface area contributed by atoms with E-state index in [1.54, 1.807) is 21.4 Å². The molecule has 3 aromatic rings. The summed E-state index contributed by atoms with van der Waals surface area (Å²) >= 11 is 7.46. The highest BCUT2D eigenvalue weighted by Gasteiger charge is 2.29. The third-order valence-electron chi connectivity index (χ3n) is 4.91. The zero-order valence-corrected chi connectivity index (χ0v) is 17.8. The molecule has 7 nitrogen and oxygen atoms in total. The first kappa shape index (κ1) is 20.0. The summed E-state index contributed by atoms with van der Waals surface area (Å²) in [4.78, 5) is 30.1. The van der Waals surface area contributed by atoms with E-state index in [0.717, 1.165) is 12.1 Å². The first-order chi connectivity index (χ1) is 13.9. The van der Waals surface area contributed by atoms with Crippen LogP contribution in [0.15, 0.2) is 40.4 Å². The van der Waals surface area contributed by atoms with Crippen LogP contribution >= 0.6 is 23.4 Å². The number of rotatable bonds is 6. The Balaban J connectivity index is 1.61. The molecule has 1 aliphatic heterocycles. The Morgan fingerprint density at radius 1 is 1.34 bits per heavy atom. The zero-order chi connectivity index (χ0) is 20.5. The maximum Gasteiger partial charge on any atom is 0.265 e. The second-order valence-electron chi connectivity index (χ2n) is 7.54. The Morgan fingerprint density at radius 3 is 2.83 bits per heavy atom. The molecule has 0 aliphatic carbocycles. The van der Waals surface area contributed by atoms with Gasteiger partial charge in [0.1, 0.15) is 5.39 Å². The lowest BCUT2D eigenvalue weighted by Crippen LogP contribution is -2.31. The summed E-state index contributed by atoms with van der Waals surface area (Å²) in [6.45, 7) is 4.90. The van der Waals surface area contributed by atoms with Gasteiger partial charge in [-0.1, -0.05) is 37.2 Å². The average Bonchev–Trinajstić information content (AvgIpc) is 3.27. The number of nitrogens with one attached hydrogen (secondary N) is 1. The van der Waals surface area contributed by atoms with E-state index in [2.05, 4.69) is 29.2 Å². The summed E-state index contributed by atoms with van der Waals surface area (Å²) in [6, 6.07) is 7.01. The van der Waals surface area contributed by atoms with Crippen LogP contribution in [0.3, 0.4) is 0 Å². The minimum Gasteiger partial charge on any atom is -0.356 e. The van der Waals surface area contributed by atoms with Gasteiger partial charge in [-0.3, -0.25) is 14.2 Å². The number of carbonyl (C=O) groups excluding carboxylic acids is 1. The molecule has 0 bridgehead atoms. The first-order valence-electron chi connectivity index (χ1n) is 9.59. The first-order valence-corrected chi connectivity index (χ1v) is 11.0. The lowest BCUT2D eigenvalue weighted by atomic mass is 10.1. The van der Waals surface area contributed by atoms with Crippen LogP contribution in [0.1, 0.15) is 32.7 Å². The van der Waals surface area contributed by atoms with E-state index in [-0.39, 0.29) is 23.9 Å². The second-order valence-corrected chi connectivity index (χ2v) is 8.96. The molecule has 0 saturated heterocycles. The van der Waals surface area contributed by atoms with Gasteiger partial charge in [0.05, 0.1) is 17.9 Å². The zero-order valence-electron chi connectivity index (χ0n) is 16.3. The average molecular weight is 432 g/mol. The highest BCUT2D eigenvalue weighted by molar-refractivity contribution is 7.99. The minimum absolute atomic E-state index is 0.0343. The number of carbonyl (C=O) groups is 1. The molecule has 2 aromatic heterocycles. The molecule has 152 valence electrons. The standard InChI is InChI=1S/C20H22ClN5O2S/c1-12(2)7-8-22-17(27)9-15-11-29-20-24-18-16(19(28)25(15)20)10-23-26(18)14-5-3-13(21)4-6-14/h3-6,10,12,15H,7-9,11H2,1-2H3,(H,22,27). The predicted molar refractivity (Wildman–Crippen MR) is 115 cm³/mol. The van der Waals surface area contributed by atoms with Crippen LogP contribution in [-0.4, -0.2) is 37.5 Å². The molecule has 0 radical (unpaired) electrons. The Kier molecular flexibility index (Phi) is 5.65. The van der Waals surface area contributed by atoms with Crippen LogP contribution in [0.2, 0.25) is 5.02 Å². The molecule has 9 heteroatoms. The highest BCUT2D eigenvalue weighted by Crippen LogP contribution is 2.33. The quantitative estimate of drug-likeness (QED) is 0.604. The fourth-order valence-electron chi connectivity index (χ4n) is 3.34. The maximum absolute atomic E-state index is 13.1. The minimum atomic E-state index is -0.197. The van der Waals surface area contributed by atoms with Crippen molar-refractivity contribution in [1.29, 1.82) is 0 Å². The molecule has 3 heterocycles. The topological polar surface area (TPSA) is 81.8 Å². The second kappa shape index (κ2) is 8.20. The van der Waals surface area contributed by atoms with Crippen molar-refractivity contribution in [3.63, 3.8) is 0 Å². The number of hydrogen-bond acceptors (Lipinski definition) is 5. The maximum atomic E-state index is 13.1. The van der Waals surface area contributed by atoms with Gasteiger partial charge < -0.3 is 5.32 Å². The van der Waals surface area contributed by atoms with Gasteiger partial charge in [-0.2, -0.15) is 5.10 Å². The van der Waals surface area contributed by atoms with Crippen molar-refractivity contribution >= 4 is 40.3 Å². The summed E-state index contributed by atoms with van der Waals surface area (Å²) in [7, 11) is 0. The highest BCUT2D eigenvalue weighted by atomic mass is 35.5. The Hall–Kier alpha value is -2.32. The lowest BCUT2D eigenvalue weighted by Gasteiger charge is -2.14. The predicted octanol–water partition coefficient (Wildman–Crippen LogP) is 3.43. The number of benzene rings is 1. The van der Waals surface area contributed by atoms with E-state index < -0.39 is 0 Å². The van der Waals surface area contributed by atoms with Gasteiger partial charge in [0.2, 0.25) is 5.91 Å². The molecule has 0 spiro atoms. The van der Waals surface area contributed by atoms with Crippen LogP contribution in [0.4, 0.5) is 0 Å². The Bertz CT molecular complexity index is 1110. The largest absolute Gasteiger partial charge is 0.356 e. The monoisotopic (exact) mass is 431 g/mol. The number of halogens is 1. The fourth-order valence-corrected chi connectivity index (χ4v) is 4.59. The molecule has 4 rings (SSSR count). The van der Waals surface area contributed by atoms with E-state index in [4.69, 9.17) is 11.6 Å². The molecular formula is C20H22ClN5O2S. The van der Waals surface area contributed by atoms with Crippen molar-refractivity contribution in [3.8, 4) is 5.69 Å². The Labute approximate surface area is 177 Å². The molecule has 1 aliphatic rings. The Morgan fingerprint density at radius 2 is 2.10 bits per heavy atom. The van der Waals surface area contributed by atoms with Gasteiger partial charge in [-0.05, 0) is 36.6 Å². The van der Waals surface area contributed by atoms with Crippen molar-refractivity contribution in [3.05, 3.63) is 45.8 Å². The van der Waals surface area contributed by atoms with Crippen LogP contribution in [-0.2, 0) is 4.79 Å². The van der Waals surface area contributed by atoms with Crippen molar-refractivity contribution in [2.45, 2.75) is 37.9 Å². The number of fused-ring (bicyclic) bond motifs is 2. The van der Waals surface area contributed by atoms with Crippen molar-refractivity contribution in [2.75, 3.05) is 12.3 Å². The molecular weight excluding hydrogens is 410 g/mol. The number of nitrogens with zero attached hydrogens (tertiary/aromatic N) is 4. The summed E-state index contributed by atoms with van der Waals surface area (Å²) in [5, 5.41) is 8.99. The van der Waals surface area contributed by atoms with E-state index in [9.17, 15) is 9.59 Å². The third-order valence-corrected chi connectivity index (χ3v) is 6.26. The van der Waals surface area contributed by atoms with E-state index in [1.165, 1.54) is 18.0 Å². The van der Waals surface area contributed by atoms with Crippen LogP contribution in [0.25, 0.3) is 16.7 Å². The van der Waals surface area contributed by atoms with Gasteiger partial charge in [0.15, 0.2) is 10.8 Å². The molecule has 1 amide bonds. The van der Waals surface area contributed by atoms with Gasteiger partial charge in [0, 0.05) is 23.7 Å². The van der Waals surface area contributed by atoms with E-state index in [0.29, 0.717) is 39.4 Å². The van der Waals surface area contributed by atoms with Crippen molar-refractivity contribution < 1.29 is 4.79 Å². The summed E-state index contributed by atoms with van der Waals surface area (Å²) in [6.07, 6.45) is 2.75. The smallest absolute Gasteiger partial charge is 0.265 e. The van der Waals surface area contributed by atoms with E-state index in [1.807, 2.05) is 12.1 Å². The number of thioether (sulfide) groups is 1. The van der Waals surface area contributed by atoms with E-state index >= 15 is 0 Å². The molecule has 1 aromatic carbocycles. The fraction of sp³-hybridized carbons (Fsp3) is 0.400. The van der Waals surface area contributed by atoms with Gasteiger partial charge in [-0.15, -0.1) is 0 Å². The SMILES string of the molecule is CC(C)CCNC(=O)CC1CSc2nc3c(cnn3-c3ccc(Cl)cc3)c(=O)n21. The third kappa shape index (κ3) is 4.04. The summed E-state index contributed by atoms with van der Waals surface area (Å²) in [5.41, 5.74) is 1.14. The number of amides is 1. The lowest BCUT2D eigenvalue weighted by molar-refractivity contribution is -0.121. The van der Waals surface area contributed by atoms with Crippen LogP contribution in [0, 0.1) is 5.92 Å². The number of aromatic nitrogens is 4. The molecule has 1 unspecified atom stereocenters. The normalized spacial score (nSPS) is 15.8.